The van der Waals surface area contributed by atoms with Crippen molar-refractivity contribution in [2.75, 3.05) is 0 Å². The van der Waals surface area contributed by atoms with Gasteiger partial charge in [0.2, 0.25) is 0 Å². The van der Waals surface area contributed by atoms with Crippen molar-refractivity contribution < 1.29 is 4.39 Å². The molecule has 0 aliphatic rings. The van der Waals surface area contributed by atoms with Gasteiger partial charge in [0.25, 0.3) is 0 Å². The van der Waals surface area contributed by atoms with E-state index in [0.29, 0.717) is 9.63 Å². The van der Waals surface area contributed by atoms with Crippen LogP contribution >= 0.6 is 27.5 Å². The van der Waals surface area contributed by atoms with Crippen molar-refractivity contribution in [2.45, 2.75) is 6.92 Å². The molecule has 0 N–H and O–H groups in total. The van der Waals surface area contributed by atoms with E-state index >= 15 is 0 Å². The molecule has 0 atom stereocenters. The van der Waals surface area contributed by atoms with Crippen molar-refractivity contribution in [1.82, 2.24) is 4.98 Å². The number of aryl methyl sites for hydroxylation is 1. The van der Waals surface area contributed by atoms with E-state index in [-0.39, 0.29) is 5.82 Å². The van der Waals surface area contributed by atoms with Crippen LogP contribution in [-0.2, 0) is 0 Å². The molecule has 2 rings (SSSR count). The maximum absolute atomic E-state index is 13.2. The van der Waals surface area contributed by atoms with Gasteiger partial charge in [-0.15, -0.1) is 0 Å². The summed E-state index contributed by atoms with van der Waals surface area (Å²) in [4.78, 5) is 4.09. The largest absolute Gasteiger partial charge is 0.241 e. The summed E-state index contributed by atoms with van der Waals surface area (Å²) in [5.41, 5.74) is 0.782. The van der Waals surface area contributed by atoms with Gasteiger partial charge in [-0.3, -0.25) is 0 Å². The molecule has 0 aliphatic heterocycles. The number of hydrogen-bond donors (Lipinski definition) is 0. The van der Waals surface area contributed by atoms with E-state index < -0.39 is 0 Å². The minimum atomic E-state index is -0.292. The SMILES string of the molecule is Cc1cc2cc(F)c(Br)cc2c(Cl)n1. The van der Waals surface area contributed by atoms with E-state index in [2.05, 4.69) is 20.9 Å². The van der Waals surface area contributed by atoms with Gasteiger partial charge in [-0.25, -0.2) is 9.37 Å². The Labute approximate surface area is 94.0 Å². The zero-order valence-corrected chi connectivity index (χ0v) is 9.66. The van der Waals surface area contributed by atoms with Crippen LogP contribution in [0.2, 0.25) is 5.15 Å². The maximum Gasteiger partial charge on any atom is 0.138 e. The summed E-state index contributed by atoms with van der Waals surface area (Å²) in [6.07, 6.45) is 0. The second kappa shape index (κ2) is 3.48. The molecule has 1 aromatic heterocycles. The number of rotatable bonds is 0. The summed E-state index contributed by atoms with van der Waals surface area (Å²) in [6.45, 7) is 1.82. The minimum Gasteiger partial charge on any atom is -0.241 e. The van der Waals surface area contributed by atoms with Gasteiger partial charge in [0.05, 0.1) is 4.47 Å². The molecule has 1 nitrogen and oxygen atoms in total. The minimum absolute atomic E-state index is 0.292. The first-order valence-electron chi connectivity index (χ1n) is 4.00. The molecular formula is C10H6BrClFN. The predicted octanol–water partition coefficient (Wildman–Crippen LogP) is 4.10. The van der Waals surface area contributed by atoms with Gasteiger partial charge in [0.15, 0.2) is 0 Å². The number of nitrogens with zero attached hydrogens (tertiary/aromatic N) is 1. The third-order valence-electron chi connectivity index (χ3n) is 1.95. The lowest BCUT2D eigenvalue weighted by atomic mass is 10.1. The van der Waals surface area contributed by atoms with Crippen molar-refractivity contribution in [3.63, 3.8) is 0 Å². The van der Waals surface area contributed by atoms with Crippen LogP contribution in [0, 0.1) is 12.7 Å². The normalized spacial score (nSPS) is 10.9. The van der Waals surface area contributed by atoms with E-state index in [1.54, 1.807) is 12.1 Å². The molecule has 0 bridgehead atoms. The third kappa shape index (κ3) is 1.62. The fourth-order valence-corrected chi connectivity index (χ4v) is 1.97. The van der Waals surface area contributed by atoms with E-state index in [1.807, 2.05) is 6.92 Å². The van der Waals surface area contributed by atoms with Crippen LogP contribution in [0.4, 0.5) is 4.39 Å². The predicted molar refractivity (Wildman–Crippen MR) is 59.1 cm³/mol. The fourth-order valence-electron chi connectivity index (χ4n) is 1.33. The first-order valence-corrected chi connectivity index (χ1v) is 5.17. The summed E-state index contributed by atoms with van der Waals surface area (Å²) >= 11 is 9.04. The second-order valence-electron chi connectivity index (χ2n) is 3.04. The zero-order chi connectivity index (χ0) is 10.3. The fraction of sp³-hybridized carbons (Fsp3) is 0.100. The van der Waals surface area contributed by atoms with Crippen LogP contribution in [0.15, 0.2) is 22.7 Å². The molecule has 1 aromatic carbocycles. The molecule has 0 aliphatic carbocycles. The molecule has 0 radical (unpaired) electrons. The first-order chi connectivity index (χ1) is 6.58. The van der Waals surface area contributed by atoms with E-state index in [9.17, 15) is 4.39 Å². The molecule has 2 aromatic rings. The number of fused-ring (bicyclic) bond motifs is 1. The Kier molecular flexibility index (Phi) is 2.45. The zero-order valence-electron chi connectivity index (χ0n) is 7.31. The van der Waals surface area contributed by atoms with E-state index in [4.69, 9.17) is 11.6 Å². The van der Waals surface area contributed by atoms with Crippen LogP contribution in [-0.4, -0.2) is 4.98 Å². The van der Waals surface area contributed by atoms with Crippen molar-refractivity contribution in [3.05, 3.63) is 39.3 Å². The van der Waals surface area contributed by atoms with Crippen LogP contribution in [0.25, 0.3) is 10.8 Å². The number of hydrogen-bond acceptors (Lipinski definition) is 1. The highest BCUT2D eigenvalue weighted by molar-refractivity contribution is 9.10. The van der Waals surface area contributed by atoms with Crippen LogP contribution < -0.4 is 0 Å². The summed E-state index contributed by atoms with van der Waals surface area (Å²) in [5.74, 6) is -0.292. The lowest BCUT2D eigenvalue weighted by Crippen LogP contribution is -1.86. The lowest BCUT2D eigenvalue weighted by Gasteiger charge is -2.03. The topological polar surface area (TPSA) is 12.9 Å². The molecule has 72 valence electrons. The summed E-state index contributed by atoms with van der Waals surface area (Å²) in [7, 11) is 0. The summed E-state index contributed by atoms with van der Waals surface area (Å²) in [5, 5.41) is 1.93. The molecule has 14 heavy (non-hydrogen) atoms. The van der Waals surface area contributed by atoms with Gasteiger partial charge in [-0.2, -0.15) is 0 Å². The Hall–Kier alpha value is -0.670. The van der Waals surface area contributed by atoms with Crippen molar-refractivity contribution in [1.29, 1.82) is 0 Å². The standard InChI is InChI=1S/C10H6BrClFN/c1-5-2-6-3-9(13)8(11)4-7(6)10(12)14-5/h2-4H,1H3. The first kappa shape index (κ1) is 9.87. The third-order valence-corrected chi connectivity index (χ3v) is 2.85. The van der Waals surface area contributed by atoms with Crippen LogP contribution in [0.1, 0.15) is 5.69 Å². The number of aromatic nitrogens is 1. The molecule has 0 spiro atoms. The van der Waals surface area contributed by atoms with Gasteiger partial charge in [0.1, 0.15) is 11.0 Å². The highest BCUT2D eigenvalue weighted by atomic mass is 79.9. The molecule has 0 fully saturated rings. The average molecular weight is 275 g/mol. The Morgan fingerprint density at radius 1 is 1.36 bits per heavy atom. The van der Waals surface area contributed by atoms with Gasteiger partial charge >= 0.3 is 0 Å². The molecule has 4 heteroatoms. The maximum atomic E-state index is 13.2. The summed E-state index contributed by atoms with van der Waals surface area (Å²) in [6, 6.07) is 4.89. The second-order valence-corrected chi connectivity index (χ2v) is 4.25. The van der Waals surface area contributed by atoms with E-state index in [0.717, 1.165) is 16.5 Å². The smallest absolute Gasteiger partial charge is 0.138 e. The molecule has 0 saturated heterocycles. The Balaban J connectivity index is 2.89. The Morgan fingerprint density at radius 2 is 2.07 bits per heavy atom. The average Bonchev–Trinajstić information content (AvgIpc) is 2.08. The van der Waals surface area contributed by atoms with E-state index in [1.165, 1.54) is 6.07 Å². The van der Waals surface area contributed by atoms with Crippen LogP contribution in [0.5, 0.6) is 0 Å². The van der Waals surface area contributed by atoms with Gasteiger partial charge in [-0.1, -0.05) is 11.6 Å². The van der Waals surface area contributed by atoms with Gasteiger partial charge in [-0.05, 0) is 46.4 Å². The molecule has 0 saturated carbocycles. The van der Waals surface area contributed by atoms with Crippen molar-refractivity contribution >= 4 is 38.3 Å². The molecule has 0 amide bonds. The number of benzene rings is 1. The highest BCUT2D eigenvalue weighted by Gasteiger charge is 2.06. The van der Waals surface area contributed by atoms with Crippen LogP contribution in [0.3, 0.4) is 0 Å². The lowest BCUT2D eigenvalue weighted by molar-refractivity contribution is 0.623. The Bertz CT molecular complexity index is 513. The molecular weight excluding hydrogens is 268 g/mol. The molecule has 0 unspecified atom stereocenters. The summed E-state index contributed by atoms with van der Waals surface area (Å²) < 4.78 is 13.6. The highest BCUT2D eigenvalue weighted by Crippen LogP contribution is 2.27. The van der Waals surface area contributed by atoms with Crippen molar-refractivity contribution in [3.8, 4) is 0 Å². The number of pyridine rings is 1. The monoisotopic (exact) mass is 273 g/mol. The quantitative estimate of drug-likeness (QED) is 0.659. The van der Waals surface area contributed by atoms with Gasteiger partial charge in [0, 0.05) is 11.1 Å². The Morgan fingerprint density at radius 3 is 2.79 bits per heavy atom. The van der Waals surface area contributed by atoms with Gasteiger partial charge < -0.3 is 0 Å². The number of halogens is 3. The van der Waals surface area contributed by atoms with Crippen molar-refractivity contribution in [2.24, 2.45) is 0 Å². The molecule has 1 heterocycles.